The van der Waals surface area contributed by atoms with E-state index in [4.69, 9.17) is 28.2 Å². The van der Waals surface area contributed by atoms with E-state index >= 15 is 0 Å². The highest BCUT2D eigenvalue weighted by Crippen LogP contribution is 2.32. The maximum Gasteiger partial charge on any atom is 0.253 e. The van der Waals surface area contributed by atoms with Crippen LogP contribution in [0.3, 0.4) is 0 Å². The fourth-order valence-electron chi connectivity index (χ4n) is 3.36. The van der Waals surface area contributed by atoms with Gasteiger partial charge in [0, 0.05) is 155 Å². The lowest BCUT2D eigenvalue weighted by Gasteiger charge is -2.12. The summed E-state index contributed by atoms with van der Waals surface area (Å²) in [7, 11) is 0. The number of anilines is 1. The predicted octanol–water partition coefficient (Wildman–Crippen LogP) is 1.61. The topological polar surface area (TPSA) is 98.5 Å². The molecule has 0 fully saturated rings. The molecule has 0 aliphatic heterocycles. The third-order valence-electron chi connectivity index (χ3n) is 5.74. The van der Waals surface area contributed by atoms with E-state index in [0.29, 0.717) is 22.5 Å². The first kappa shape index (κ1) is 48.7. The van der Waals surface area contributed by atoms with Crippen molar-refractivity contribution in [2.45, 2.75) is 13.5 Å². The third-order valence-corrected chi connectivity index (χ3v) is 5.74. The lowest BCUT2D eigenvalue weighted by Crippen LogP contribution is -2.23. The summed E-state index contributed by atoms with van der Waals surface area (Å²) in [6.07, 6.45) is 16.3. The van der Waals surface area contributed by atoms with Crippen LogP contribution in [0, 0.1) is 269 Å². The molecule has 0 spiro atoms. The molecule has 286 valence electrons. The number of aryl methyl sites for hydroxylation is 1. The number of rotatable bonds is 6. The molecule has 2 aromatic rings. The van der Waals surface area contributed by atoms with Crippen molar-refractivity contribution in [3.63, 3.8) is 0 Å². The molecule has 2 rings (SSSR count). The lowest BCUT2D eigenvalue weighted by molar-refractivity contribution is 0.0950. The predicted molar refractivity (Wildman–Crippen MR) is 249 cm³/mol. The Bertz CT molecular complexity index is 3710. The zero-order valence-electron chi connectivity index (χ0n) is 33.5. The molecule has 0 unspecified atom stereocenters. The summed E-state index contributed by atoms with van der Waals surface area (Å²) in [5.74, 6) is 105. The Morgan fingerprint density at radius 1 is 0.523 bits per heavy atom. The first-order chi connectivity index (χ1) is 32.1. The summed E-state index contributed by atoms with van der Waals surface area (Å²) >= 11 is 0. The number of nitrogen functional groups attached to an aromatic ring is 1. The van der Waals surface area contributed by atoms with Gasteiger partial charge in [0.1, 0.15) is 18.0 Å². The Hall–Kier alpha value is -12.5. The number of nitrogens with one attached hydrogen (secondary N) is 2. The van der Waals surface area contributed by atoms with Gasteiger partial charge in [0.05, 0.1) is 5.56 Å². The molecule has 1 amide bonds. The summed E-state index contributed by atoms with van der Waals surface area (Å²) in [5.41, 5.74) is 4.01. The minimum atomic E-state index is -0.362. The Balaban J connectivity index is 2.12. The monoisotopic (exact) mass is 816 g/mol. The largest absolute Gasteiger partial charge is 0.403 e. The second-order valence-corrected chi connectivity index (χ2v) is 9.95. The molecule has 7 heteroatoms. The zero-order valence-corrected chi connectivity index (χ0v) is 33.5. The highest BCUT2D eigenvalue weighted by Gasteiger charge is 2.13. The van der Waals surface area contributed by atoms with Crippen molar-refractivity contribution < 1.29 is 14.3 Å². The van der Waals surface area contributed by atoms with Crippen LogP contribution in [0.5, 0.6) is 11.5 Å². The van der Waals surface area contributed by atoms with Crippen molar-refractivity contribution in [2.75, 3.05) is 5.43 Å². The third kappa shape index (κ3) is 25.4. The van der Waals surface area contributed by atoms with Crippen LogP contribution in [0.2, 0.25) is 0 Å². The number of pyridine rings is 1. The van der Waals surface area contributed by atoms with Gasteiger partial charge in [-0.3, -0.25) is 4.79 Å². The van der Waals surface area contributed by atoms with Gasteiger partial charge in [-0.2, -0.15) is 0 Å². The van der Waals surface area contributed by atoms with Crippen molar-refractivity contribution in [1.29, 1.82) is 0 Å². The minimum Gasteiger partial charge on any atom is -0.403 e. The van der Waals surface area contributed by atoms with E-state index in [0.717, 1.165) is 0 Å². The number of amides is 1. The summed E-state index contributed by atoms with van der Waals surface area (Å²) in [6.45, 7) is 1.89. The van der Waals surface area contributed by atoms with E-state index in [1.54, 1.807) is 31.2 Å². The van der Waals surface area contributed by atoms with Crippen molar-refractivity contribution in [3.8, 4) is 273 Å². The fourth-order valence-corrected chi connectivity index (χ4v) is 3.36. The Kier molecular flexibility index (Phi) is 26.0. The molecule has 1 heterocycles. The minimum absolute atomic E-state index is 0.129. The maximum atomic E-state index is 12.7. The quantitative estimate of drug-likeness (QED) is 0.233. The number of ether oxygens (including phenoxy) is 2. The van der Waals surface area contributed by atoms with Crippen LogP contribution in [0.25, 0.3) is 0 Å². The van der Waals surface area contributed by atoms with E-state index in [-0.39, 0.29) is 24.0 Å². The number of carbonyl (C=O) groups excluding carboxylic acids is 1. The number of carbonyl (C=O) groups is 1. The molecular formula is C58H16N4O3. The van der Waals surface area contributed by atoms with Gasteiger partial charge < -0.3 is 20.2 Å². The van der Waals surface area contributed by atoms with Gasteiger partial charge in [-0.1, -0.05) is 6.07 Å². The van der Waals surface area contributed by atoms with Crippen molar-refractivity contribution >= 4 is 11.7 Å². The number of benzene rings is 1. The summed E-state index contributed by atoms with van der Waals surface area (Å²) < 4.78 is 11.3. The standard InChI is InChI=1S/C58H16N4O3/c1-4-6-8-10-12-14-16-18-20-22-24-26-28-30-32-34-36-38-40-42-46-64-55-49-53(50-61-58(63)54-44-45-56(62-59)60-51-54)48-52(3)57(55)65-47-43-41-39-37-35-33-31-29-27-25-23-21-19-17-15-13-11-9-7-5-2/h1-2,44-45,48-49,51H,50,59H2,3H3,(H,60,62)(H,61,63). The number of hydrogen-bond acceptors (Lipinski definition) is 6. The van der Waals surface area contributed by atoms with E-state index in [1.165, 1.54) is 6.20 Å². The zero-order chi connectivity index (χ0) is 46.5. The van der Waals surface area contributed by atoms with Gasteiger partial charge in [-0.25, -0.2) is 10.8 Å². The summed E-state index contributed by atoms with van der Waals surface area (Å²) in [5, 5.41) is 2.82. The molecule has 65 heavy (non-hydrogen) atoms. The number of hydrogen-bond donors (Lipinski definition) is 3. The van der Waals surface area contributed by atoms with Gasteiger partial charge >= 0.3 is 0 Å². The van der Waals surface area contributed by atoms with E-state index in [2.05, 4.69) is 265 Å². The number of aromatic nitrogens is 1. The molecule has 1 aromatic carbocycles. The SMILES string of the molecule is C#CC#CC#CC#CC#CC#CC#CC#CC#CC#CC#COc1cc(CNC(=O)c2ccc(NN)nc2)cc(C)c1OC#CC#CC#CC#CC#CC#CC#CC#CC#CC#CC#C. The van der Waals surface area contributed by atoms with Crippen LogP contribution in [0.15, 0.2) is 30.5 Å². The number of hydrazine groups is 1. The Morgan fingerprint density at radius 3 is 1.22 bits per heavy atom. The molecule has 0 aliphatic rings. The molecule has 0 aliphatic carbocycles. The second-order valence-electron chi connectivity index (χ2n) is 9.95. The number of nitrogens with two attached hydrogens (primary N) is 1. The van der Waals surface area contributed by atoms with E-state index in [9.17, 15) is 4.79 Å². The second kappa shape index (κ2) is 34.7. The fraction of sp³-hybridized carbons (Fsp3) is 0.0345. The van der Waals surface area contributed by atoms with Gasteiger partial charge in [-0.15, -0.1) is 12.8 Å². The lowest BCUT2D eigenvalue weighted by atomic mass is 10.1. The molecular weight excluding hydrogens is 801 g/mol. The van der Waals surface area contributed by atoms with Gasteiger partial charge in [-0.05, 0) is 131 Å². The molecule has 0 atom stereocenters. The van der Waals surface area contributed by atoms with Gasteiger partial charge in [0.15, 0.2) is 11.5 Å². The van der Waals surface area contributed by atoms with Crippen molar-refractivity contribution in [1.82, 2.24) is 10.3 Å². The van der Waals surface area contributed by atoms with Crippen LogP contribution < -0.4 is 26.1 Å². The highest BCUT2D eigenvalue weighted by molar-refractivity contribution is 5.94. The average Bonchev–Trinajstić information content (AvgIpc) is 3.32. The van der Waals surface area contributed by atoms with Crippen LogP contribution in [0.1, 0.15) is 21.5 Å². The van der Waals surface area contributed by atoms with Crippen LogP contribution >= 0.6 is 0 Å². The normalized spacial score (nSPS) is 6.09. The van der Waals surface area contributed by atoms with Crippen molar-refractivity contribution in [2.24, 2.45) is 5.84 Å². The van der Waals surface area contributed by atoms with Gasteiger partial charge in [0.25, 0.3) is 5.91 Å². The smallest absolute Gasteiger partial charge is 0.253 e. The van der Waals surface area contributed by atoms with Gasteiger partial charge in [0.2, 0.25) is 0 Å². The van der Waals surface area contributed by atoms with Crippen molar-refractivity contribution in [3.05, 3.63) is 47.2 Å². The number of terminal acetylenes is 2. The molecule has 7 nitrogen and oxygen atoms in total. The summed E-state index contributed by atoms with van der Waals surface area (Å²) in [6, 6.07) is 6.55. The van der Waals surface area contributed by atoms with Crippen LogP contribution in [-0.2, 0) is 6.54 Å². The van der Waals surface area contributed by atoms with E-state index < -0.39 is 0 Å². The first-order valence-electron chi connectivity index (χ1n) is 17.2. The maximum absolute atomic E-state index is 12.7. The molecule has 1 aromatic heterocycles. The average molecular weight is 817 g/mol. The molecule has 0 saturated carbocycles. The highest BCUT2D eigenvalue weighted by atomic mass is 16.5. The van der Waals surface area contributed by atoms with E-state index in [1.807, 2.05) is 0 Å². The molecule has 0 bridgehead atoms. The molecule has 4 N–H and O–H groups in total. The Morgan fingerprint density at radius 2 is 0.877 bits per heavy atom. The first-order valence-corrected chi connectivity index (χ1v) is 17.2. The van der Waals surface area contributed by atoms with Crippen LogP contribution in [0.4, 0.5) is 5.82 Å². The summed E-state index contributed by atoms with van der Waals surface area (Å²) in [4.78, 5) is 16.8. The number of nitrogens with zero attached hydrogens (tertiary/aromatic N) is 1. The molecule has 0 saturated heterocycles. The van der Waals surface area contributed by atoms with Crippen LogP contribution in [-0.4, -0.2) is 10.9 Å². The molecule has 0 radical (unpaired) electrons. The Labute approximate surface area is 380 Å².